The van der Waals surface area contributed by atoms with Gasteiger partial charge in [-0.25, -0.2) is 0 Å². The molecule has 1 fully saturated rings. The van der Waals surface area contributed by atoms with Crippen molar-refractivity contribution in [1.82, 2.24) is 5.32 Å². The first-order chi connectivity index (χ1) is 9.20. The summed E-state index contributed by atoms with van der Waals surface area (Å²) in [7, 11) is 0. The van der Waals surface area contributed by atoms with E-state index in [4.69, 9.17) is 0 Å². The quantitative estimate of drug-likeness (QED) is 0.440. The van der Waals surface area contributed by atoms with Crippen LogP contribution in [0.25, 0.3) is 0 Å². The third-order valence-electron chi connectivity index (χ3n) is 3.77. The van der Waals surface area contributed by atoms with Crippen molar-refractivity contribution in [3.63, 3.8) is 0 Å². The van der Waals surface area contributed by atoms with Crippen molar-refractivity contribution in [3.05, 3.63) is 39.9 Å². The van der Waals surface area contributed by atoms with Crippen LogP contribution in [0, 0.1) is 16.0 Å². The van der Waals surface area contributed by atoms with Crippen molar-refractivity contribution in [2.75, 3.05) is 6.54 Å². The standard InChI is InChI=1S/C15H22N2O2/c1-2-15(16-10-4-5-12-8-9-12)13-6-3-7-14(11-13)17(18)19/h3,6-7,11-12,15-16H,2,4-5,8-10H2,1H3. The summed E-state index contributed by atoms with van der Waals surface area (Å²) < 4.78 is 0. The largest absolute Gasteiger partial charge is 0.310 e. The minimum absolute atomic E-state index is 0.177. The smallest absolute Gasteiger partial charge is 0.269 e. The van der Waals surface area contributed by atoms with Gasteiger partial charge in [0.15, 0.2) is 0 Å². The zero-order chi connectivity index (χ0) is 13.7. The Bertz CT molecular complexity index is 430. The molecule has 1 aromatic rings. The Balaban J connectivity index is 1.87. The van der Waals surface area contributed by atoms with E-state index in [1.54, 1.807) is 18.2 Å². The Hall–Kier alpha value is -1.42. The van der Waals surface area contributed by atoms with Gasteiger partial charge in [0.2, 0.25) is 0 Å². The third-order valence-corrected chi connectivity index (χ3v) is 3.77. The lowest BCUT2D eigenvalue weighted by Gasteiger charge is -2.17. The number of nitrogens with one attached hydrogen (secondary N) is 1. The molecule has 1 aromatic carbocycles. The first kappa shape index (κ1) is 14.0. The number of non-ortho nitro benzene ring substituents is 1. The maximum absolute atomic E-state index is 10.8. The van der Waals surface area contributed by atoms with Crippen LogP contribution in [0.15, 0.2) is 24.3 Å². The van der Waals surface area contributed by atoms with Gasteiger partial charge in [-0.1, -0.05) is 31.9 Å². The minimum atomic E-state index is -0.330. The molecule has 1 atom stereocenters. The Labute approximate surface area is 114 Å². The summed E-state index contributed by atoms with van der Waals surface area (Å²) >= 11 is 0. The zero-order valence-electron chi connectivity index (χ0n) is 11.5. The lowest BCUT2D eigenvalue weighted by Crippen LogP contribution is -2.22. The Kier molecular flexibility index (Phi) is 4.91. The predicted octanol–water partition coefficient (Wildman–Crippen LogP) is 3.83. The van der Waals surface area contributed by atoms with E-state index in [9.17, 15) is 10.1 Å². The molecule has 0 amide bonds. The SMILES string of the molecule is CCC(NCCCC1CC1)c1cccc([N+](=O)[O-])c1. The van der Waals surface area contributed by atoms with Gasteiger partial charge in [0.05, 0.1) is 4.92 Å². The van der Waals surface area contributed by atoms with Gasteiger partial charge in [0.1, 0.15) is 0 Å². The fourth-order valence-electron chi connectivity index (χ4n) is 2.43. The van der Waals surface area contributed by atoms with Crippen LogP contribution < -0.4 is 5.32 Å². The second-order valence-corrected chi connectivity index (χ2v) is 5.35. The molecule has 0 aliphatic heterocycles. The van der Waals surface area contributed by atoms with Crippen LogP contribution in [0.5, 0.6) is 0 Å². The number of hydrogen-bond acceptors (Lipinski definition) is 3. The molecule has 2 rings (SSSR count). The summed E-state index contributed by atoms with van der Waals surface area (Å²) in [5.41, 5.74) is 1.19. The fraction of sp³-hybridized carbons (Fsp3) is 0.600. The lowest BCUT2D eigenvalue weighted by atomic mass is 10.0. The molecular formula is C15H22N2O2. The van der Waals surface area contributed by atoms with Crippen molar-refractivity contribution in [2.45, 2.75) is 45.1 Å². The van der Waals surface area contributed by atoms with Crippen LogP contribution in [0.2, 0.25) is 0 Å². The van der Waals surface area contributed by atoms with Gasteiger partial charge >= 0.3 is 0 Å². The molecule has 0 spiro atoms. The van der Waals surface area contributed by atoms with Gasteiger partial charge in [-0.15, -0.1) is 0 Å². The molecule has 0 radical (unpaired) electrons. The molecule has 1 aliphatic rings. The second kappa shape index (κ2) is 6.66. The molecule has 1 unspecified atom stereocenters. The number of nitrogens with zero attached hydrogens (tertiary/aromatic N) is 1. The molecule has 0 saturated heterocycles. The average Bonchev–Trinajstić information content (AvgIpc) is 3.23. The van der Waals surface area contributed by atoms with Crippen LogP contribution in [-0.2, 0) is 0 Å². The summed E-state index contributed by atoms with van der Waals surface area (Å²) in [6.07, 6.45) is 6.28. The number of nitro benzene ring substituents is 1. The molecule has 1 N–H and O–H groups in total. The van der Waals surface area contributed by atoms with Crippen LogP contribution >= 0.6 is 0 Å². The summed E-state index contributed by atoms with van der Waals surface area (Å²) in [6, 6.07) is 7.18. The van der Waals surface area contributed by atoms with E-state index in [0.29, 0.717) is 0 Å². The van der Waals surface area contributed by atoms with E-state index in [-0.39, 0.29) is 16.7 Å². The number of benzene rings is 1. The molecule has 104 valence electrons. The van der Waals surface area contributed by atoms with E-state index in [1.807, 2.05) is 6.07 Å². The summed E-state index contributed by atoms with van der Waals surface area (Å²) in [5, 5.41) is 14.3. The minimum Gasteiger partial charge on any atom is -0.310 e. The molecule has 1 aliphatic carbocycles. The molecule has 0 bridgehead atoms. The molecule has 1 saturated carbocycles. The van der Waals surface area contributed by atoms with Crippen LogP contribution in [0.3, 0.4) is 0 Å². The highest BCUT2D eigenvalue weighted by Crippen LogP contribution is 2.33. The van der Waals surface area contributed by atoms with Gasteiger partial charge in [-0.05, 0) is 37.3 Å². The van der Waals surface area contributed by atoms with Crippen molar-refractivity contribution < 1.29 is 4.92 Å². The Morgan fingerprint density at radius 2 is 2.26 bits per heavy atom. The van der Waals surface area contributed by atoms with Crippen molar-refractivity contribution in [1.29, 1.82) is 0 Å². The number of hydrogen-bond donors (Lipinski definition) is 1. The molecule has 4 heteroatoms. The van der Waals surface area contributed by atoms with E-state index < -0.39 is 0 Å². The van der Waals surface area contributed by atoms with Gasteiger partial charge in [-0.2, -0.15) is 0 Å². The van der Waals surface area contributed by atoms with Gasteiger partial charge in [0.25, 0.3) is 5.69 Å². The fourth-order valence-corrected chi connectivity index (χ4v) is 2.43. The van der Waals surface area contributed by atoms with Gasteiger partial charge in [-0.3, -0.25) is 10.1 Å². The molecule has 4 nitrogen and oxygen atoms in total. The monoisotopic (exact) mass is 262 g/mol. The van der Waals surface area contributed by atoms with Crippen molar-refractivity contribution in [3.8, 4) is 0 Å². The third kappa shape index (κ3) is 4.31. The van der Waals surface area contributed by atoms with E-state index >= 15 is 0 Å². The Morgan fingerprint density at radius 3 is 2.89 bits per heavy atom. The van der Waals surface area contributed by atoms with Crippen molar-refractivity contribution >= 4 is 5.69 Å². The maximum atomic E-state index is 10.8. The maximum Gasteiger partial charge on any atom is 0.269 e. The summed E-state index contributed by atoms with van der Waals surface area (Å²) in [6.45, 7) is 3.11. The number of nitro groups is 1. The number of rotatable bonds is 8. The zero-order valence-corrected chi connectivity index (χ0v) is 11.5. The molecular weight excluding hydrogens is 240 g/mol. The molecule has 0 aromatic heterocycles. The molecule has 19 heavy (non-hydrogen) atoms. The van der Waals surface area contributed by atoms with E-state index in [0.717, 1.165) is 24.4 Å². The van der Waals surface area contributed by atoms with E-state index in [1.165, 1.54) is 25.7 Å². The van der Waals surface area contributed by atoms with Gasteiger partial charge in [0, 0.05) is 18.2 Å². The average molecular weight is 262 g/mol. The Morgan fingerprint density at radius 1 is 1.47 bits per heavy atom. The predicted molar refractivity (Wildman–Crippen MR) is 76.1 cm³/mol. The lowest BCUT2D eigenvalue weighted by molar-refractivity contribution is -0.384. The van der Waals surface area contributed by atoms with Crippen LogP contribution in [0.4, 0.5) is 5.69 Å². The van der Waals surface area contributed by atoms with Gasteiger partial charge < -0.3 is 5.32 Å². The van der Waals surface area contributed by atoms with Crippen LogP contribution in [-0.4, -0.2) is 11.5 Å². The topological polar surface area (TPSA) is 55.2 Å². The first-order valence-corrected chi connectivity index (χ1v) is 7.18. The van der Waals surface area contributed by atoms with Crippen molar-refractivity contribution in [2.24, 2.45) is 5.92 Å². The second-order valence-electron chi connectivity index (χ2n) is 5.35. The van der Waals surface area contributed by atoms with Crippen LogP contribution in [0.1, 0.15) is 50.6 Å². The first-order valence-electron chi connectivity index (χ1n) is 7.18. The highest BCUT2D eigenvalue weighted by molar-refractivity contribution is 5.35. The molecule has 0 heterocycles. The normalized spacial score (nSPS) is 16.3. The summed E-state index contributed by atoms with van der Waals surface area (Å²) in [5.74, 6) is 0.972. The highest BCUT2D eigenvalue weighted by Gasteiger charge is 2.20. The van der Waals surface area contributed by atoms with E-state index in [2.05, 4.69) is 12.2 Å². The highest BCUT2D eigenvalue weighted by atomic mass is 16.6. The summed E-state index contributed by atoms with van der Waals surface area (Å²) in [4.78, 5) is 10.5.